The highest BCUT2D eigenvalue weighted by Gasteiger charge is 2.24. The van der Waals surface area contributed by atoms with E-state index >= 15 is 0 Å². The SMILES string of the molecule is COC(=O)c1cccc(CS(=O)(=O)N(C)CC(=O)N2CCNCC2)c1. The van der Waals surface area contributed by atoms with Gasteiger partial charge in [-0.1, -0.05) is 12.1 Å². The first-order chi connectivity index (χ1) is 11.8. The molecule has 2 rings (SSSR count). The summed E-state index contributed by atoms with van der Waals surface area (Å²) in [5.74, 6) is -1.03. The summed E-state index contributed by atoms with van der Waals surface area (Å²) in [4.78, 5) is 25.4. The number of nitrogens with zero attached hydrogens (tertiary/aromatic N) is 2. The van der Waals surface area contributed by atoms with Gasteiger partial charge in [-0.2, -0.15) is 4.31 Å². The van der Waals surface area contributed by atoms with Gasteiger partial charge in [0.05, 0.1) is 25.0 Å². The Bertz CT molecular complexity index is 729. The summed E-state index contributed by atoms with van der Waals surface area (Å²) in [5, 5.41) is 3.14. The van der Waals surface area contributed by atoms with Crippen molar-refractivity contribution in [2.75, 3.05) is 46.9 Å². The fourth-order valence-corrected chi connectivity index (χ4v) is 3.66. The maximum atomic E-state index is 12.5. The summed E-state index contributed by atoms with van der Waals surface area (Å²) in [5.41, 5.74) is 0.749. The van der Waals surface area contributed by atoms with E-state index in [2.05, 4.69) is 10.1 Å². The van der Waals surface area contributed by atoms with Crippen LogP contribution in [0.25, 0.3) is 0 Å². The van der Waals surface area contributed by atoms with E-state index < -0.39 is 16.0 Å². The van der Waals surface area contributed by atoms with E-state index in [0.717, 1.165) is 4.31 Å². The molecular weight excluding hydrogens is 346 g/mol. The van der Waals surface area contributed by atoms with Crippen molar-refractivity contribution >= 4 is 21.9 Å². The van der Waals surface area contributed by atoms with Crippen molar-refractivity contribution in [3.8, 4) is 0 Å². The van der Waals surface area contributed by atoms with E-state index in [1.54, 1.807) is 23.1 Å². The smallest absolute Gasteiger partial charge is 0.337 e. The van der Waals surface area contributed by atoms with E-state index in [0.29, 0.717) is 31.7 Å². The fraction of sp³-hybridized carbons (Fsp3) is 0.500. The van der Waals surface area contributed by atoms with Crippen molar-refractivity contribution in [2.45, 2.75) is 5.75 Å². The standard InChI is InChI=1S/C16H23N3O5S/c1-18(11-15(20)19-8-6-17-7-9-19)25(22,23)12-13-4-3-5-14(10-13)16(21)24-2/h3-5,10,17H,6-9,11-12H2,1-2H3. The Morgan fingerprint density at radius 3 is 2.60 bits per heavy atom. The van der Waals surface area contributed by atoms with Crippen LogP contribution >= 0.6 is 0 Å². The lowest BCUT2D eigenvalue weighted by Gasteiger charge is -2.29. The molecule has 1 saturated heterocycles. The number of rotatable bonds is 6. The number of carbonyl (C=O) groups excluding carboxylic acids is 2. The number of amides is 1. The maximum absolute atomic E-state index is 12.5. The molecule has 0 aromatic heterocycles. The van der Waals surface area contributed by atoms with Gasteiger partial charge >= 0.3 is 5.97 Å². The summed E-state index contributed by atoms with van der Waals surface area (Å²) in [6.07, 6.45) is 0. The first kappa shape index (κ1) is 19.4. The second-order valence-corrected chi connectivity index (χ2v) is 7.91. The number of hydrogen-bond acceptors (Lipinski definition) is 6. The third kappa shape index (κ3) is 5.25. The summed E-state index contributed by atoms with van der Waals surface area (Å²) in [6.45, 7) is 2.38. The molecule has 0 radical (unpaired) electrons. The predicted octanol–water partition coefficient (Wildman–Crippen LogP) is -0.333. The van der Waals surface area contributed by atoms with Crippen molar-refractivity contribution < 1.29 is 22.7 Å². The molecule has 138 valence electrons. The minimum Gasteiger partial charge on any atom is -0.465 e. The Kier molecular flexibility index (Phi) is 6.51. The molecule has 1 aliphatic rings. The lowest BCUT2D eigenvalue weighted by molar-refractivity contribution is -0.131. The minimum absolute atomic E-state index is 0.195. The molecule has 0 saturated carbocycles. The van der Waals surface area contributed by atoms with Crippen LogP contribution in [0.15, 0.2) is 24.3 Å². The highest BCUT2D eigenvalue weighted by atomic mass is 32.2. The average molecular weight is 369 g/mol. The Morgan fingerprint density at radius 2 is 1.96 bits per heavy atom. The highest BCUT2D eigenvalue weighted by molar-refractivity contribution is 7.88. The molecule has 0 spiro atoms. The number of likely N-dealkylation sites (N-methyl/N-ethyl adjacent to an activating group) is 1. The molecule has 1 aliphatic heterocycles. The molecule has 1 fully saturated rings. The van der Waals surface area contributed by atoms with Gasteiger partial charge in [0.25, 0.3) is 0 Å². The van der Waals surface area contributed by atoms with Crippen LogP contribution in [0.3, 0.4) is 0 Å². The highest BCUT2D eigenvalue weighted by Crippen LogP contribution is 2.13. The van der Waals surface area contributed by atoms with E-state index in [9.17, 15) is 18.0 Å². The molecule has 1 N–H and O–H groups in total. The monoisotopic (exact) mass is 369 g/mol. The first-order valence-electron chi connectivity index (χ1n) is 7.93. The summed E-state index contributed by atoms with van der Waals surface area (Å²) < 4.78 is 30.7. The van der Waals surface area contributed by atoms with Crippen molar-refractivity contribution in [1.82, 2.24) is 14.5 Å². The molecule has 0 atom stereocenters. The van der Waals surface area contributed by atoms with Gasteiger partial charge in [-0.05, 0) is 17.7 Å². The number of methoxy groups -OCH3 is 1. The molecular formula is C16H23N3O5S. The number of ether oxygens (including phenoxy) is 1. The van der Waals surface area contributed by atoms with Crippen LogP contribution < -0.4 is 5.32 Å². The van der Waals surface area contributed by atoms with Gasteiger partial charge in [0.2, 0.25) is 15.9 Å². The largest absolute Gasteiger partial charge is 0.465 e. The number of sulfonamides is 1. The van der Waals surface area contributed by atoms with Gasteiger partial charge in [0, 0.05) is 33.2 Å². The zero-order valence-electron chi connectivity index (χ0n) is 14.4. The van der Waals surface area contributed by atoms with E-state index in [4.69, 9.17) is 0 Å². The first-order valence-corrected chi connectivity index (χ1v) is 9.54. The number of esters is 1. The minimum atomic E-state index is -3.68. The van der Waals surface area contributed by atoms with Crippen molar-refractivity contribution in [3.05, 3.63) is 35.4 Å². The van der Waals surface area contributed by atoms with Crippen LogP contribution in [0.2, 0.25) is 0 Å². The van der Waals surface area contributed by atoms with E-state index in [-0.39, 0.29) is 23.8 Å². The van der Waals surface area contributed by atoms with Crippen molar-refractivity contribution in [1.29, 1.82) is 0 Å². The number of benzene rings is 1. The summed E-state index contributed by atoms with van der Waals surface area (Å²) in [6, 6.07) is 6.26. The normalized spacial score (nSPS) is 15.2. The topological polar surface area (TPSA) is 96.0 Å². The average Bonchev–Trinajstić information content (AvgIpc) is 2.61. The number of piperazine rings is 1. The molecule has 0 aliphatic carbocycles. The lowest BCUT2D eigenvalue weighted by Crippen LogP contribution is -2.49. The van der Waals surface area contributed by atoms with Gasteiger partial charge < -0.3 is 15.0 Å². The zero-order valence-corrected chi connectivity index (χ0v) is 15.2. The quantitative estimate of drug-likeness (QED) is 0.690. The third-order valence-electron chi connectivity index (χ3n) is 4.00. The lowest BCUT2D eigenvalue weighted by atomic mass is 10.1. The van der Waals surface area contributed by atoms with Crippen LogP contribution in [-0.4, -0.2) is 76.4 Å². The predicted molar refractivity (Wildman–Crippen MR) is 92.5 cm³/mol. The Labute approximate surface area is 147 Å². The van der Waals surface area contributed by atoms with Crippen LogP contribution in [0.4, 0.5) is 0 Å². The maximum Gasteiger partial charge on any atom is 0.337 e. The third-order valence-corrected chi connectivity index (χ3v) is 5.78. The van der Waals surface area contributed by atoms with Gasteiger partial charge in [-0.25, -0.2) is 13.2 Å². The second kappa shape index (κ2) is 8.41. The zero-order chi connectivity index (χ0) is 18.4. The van der Waals surface area contributed by atoms with Crippen molar-refractivity contribution in [3.63, 3.8) is 0 Å². The molecule has 1 heterocycles. The molecule has 1 aromatic carbocycles. The van der Waals surface area contributed by atoms with Gasteiger partial charge in [0.15, 0.2) is 0 Å². The van der Waals surface area contributed by atoms with E-state index in [1.165, 1.54) is 20.2 Å². The Hall–Kier alpha value is -1.97. The van der Waals surface area contributed by atoms with Crippen LogP contribution in [-0.2, 0) is 25.3 Å². The van der Waals surface area contributed by atoms with Crippen LogP contribution in [0.1, 0.15) is 15.9 Å². The molecule has 25 heavy (non-hydrogen) atoms. The van der Waals surface area contributed by atoms with Crippen LogP contribution in [0, 0.1) is 0 Å². The molecule has 0 bridgehead atoms. The Morgan fingerprint density at radius 1 is 1.28 bits per heavy atom. The molecule has 8 nitrogen and oxygen atoms in total. The van der Waals surface area contributed by atoms with Gasteiger partial charge in [-0.3, -0.25) is 4.79 Å². The number of carbonyl (C=O) groups is 2. The number of nitrogens with one attached hydrogen (secondary N) is 1. The molecule has 9 heteroatoms. The van der Waals surface area contributed by atoms with E-state index in [1.807, 2.05) is 0 Å². The number of hydrogen-bond donors (Lipinski definition) is 1. The van der Waals surface area contributed by atoms with Crippen molar-refractivity contribution in [2.24, 2.45) is 0 Å². The summed E-state index contributed by atoms with van der Waals surface area (Å²) >= 11 is 0. The molecule has 0 unspecified atom stereocenters. The molecule has 1 aromatic rings. The second-order valence-electron chi connectivity index (χ2n) is 5.84. The van der Waals surface area contributed by atoms with Crippen LogP contribution in [0.5, 0.6) is 0 Å². The molecule has 1 amide bonds. The summed E-state index contributed by atoms with van der Waals surface area (Å²) in [7, 11) is -1.02. The Balaban J connectivity index is 2.02. The fourth-order valence-electron chi connectivity index (χ4n) is 2.53. The van der Waals surface area contributed by atoms with Gasteiger partial charge in [0.1, 0.15) is 0 Å². The van der Waals surface area contributed by atoms with Gasteiger partial charge in [-0.15, -0.1) is 0 Å².